The van der Waals surface area contributed by atoms with E-state index in [1.54, 1.807) is 18.3 Å². The summed E-state index contributed by atoms with van der Waals surface area (Å²) in [4.78, 5) is 17.8. The van der Waals surface area contributed by atoms with Crippen molar-refractivity contribution in [3.8, 4) is 0 Å². The Morgan fingerprint density at radius 3 is 2.50 bits per heavy atom. The molecule has 1 heterocycles. The fourth-order valence-electron chi connectivity index (χ4n) is 1.33. The minimum absolute atomic E-state index is 0.202. The van der Waals surface area contributed by atoms with Crippen molar-refractivity contribution in [2.45, 2.75) is 6.29 Å². The Kier molecular flexibility index (Phi) is 5.54. The number of nitrogens with one attached hydrogen (secondary N) is 1. The van der Waals surface area contributed by atoms with Crippen LogP contribution in [0.25, 0.3) is 0 Å². The summed E-state index contributed by atoms with van der Waals surface area (Å²) >= 11 is 0. The monoisotopic (exact) mass is 253 g/mol. The Bertz CT molecular complexity index is 375. The molecule has 1 amide bonds. The normalized spacial score (nSPS) is 10.5. The molecule has 0 saturated heterocycles. The third-order valence-electron chi connectivity index (χ3n) is 2.42. The molecule has 0 aliphatic heterocycles. The molecule has 0 atom stereocenters. The highest BCUT2D eigenvalue weighted by Crippen LogP contribution is 2.07. The molecule has 0 unspecified atom stereocenters. The second-order valence-electron chi connectivity index (χ2n) is 3.91. The Morgan fingerprint density at radius 2 is 2.06 bits per heavy atom. The number of pyridine rings is 1. The highest BCUT2D eigenvalue weighted by molar-refractivity contribution is 5.94. The fraction of sp³-hybridized carbons (Fsp3) is 0.500. The summed E-state index contributed by atoms with van der Waals surface area (Å²) in [5, 5.41) is 2.71. The fourth-order valence-corrected chi connectivity index (χ4v) is 1.33. The van der Waals surface area contributed by atoms with Crippen molar-refractivity contribution < 1.29 is 14.3 Å². The summed E-state index contributed by atoms with van der Waals surface area (Å²) < 4.78 is 9.95. The third kappa shape index (κ3) is 3.97. The number of hydrogen-bond donors (Lipinski definition) is 1. The average Bonchev–Trinajstić information content (AvgIpc) is 2.39. The van der Waals surface area contributed by atoms with Crippen molar-refractivity contribution >= 4 is 11.7 Å². The SMILES string of the molecule is COC(CNC(=O)c1ccc(N(C)C)nc1)OC. The summed E-state index contributed by atoms with van der Waals surface area (Å²) in [5.74, 6) is 0.602. The van der Waals surface area contributed by atoms with Crippen molar-refractivity contribution in [1.29, 1.82) is 0 Å². The highest BCUT2D eigenvalue weighted by Gasteiger charge is 2.10. The summed E-state index contributed by atoms with van der Waals surface area (Å²) in [5.41, 5.74) is 0.506. The summed E-state index contributed by atoms with van der Waals surface area (Å²) in [6.45, 7) is 0.293. The van der Waals surface area contributed by atoms with Crippen molar-refractivity contribution in [2.24, 2.45) is 0 Å². The Hall–Kier alpha value is -1.66. The van der Waals surface area contributed by atoms with Crippen LogP contribution < -0.4 is 10.2 Å². The zero-order valence-electron chi connectivity index (χ0n) is 11.1. The Labute approximate surface area is 107 Å². The van der Waals surface area contributed by atoms with Crippen LogP contribution in [0.3, 0.4) is 0 Å². The van der Waals surface area contributed by atoms with Crippen molar-refractivity contribution in [3.05, 3.63) is 23.9 Å². The average molecular weight is 253 g/mol. The predicted octanol–water partition coefficient (Wildman–Crippen LogP) is 0.496. The van der Waals surface area contributed by atoms with Gasteiger partial charge in [0.2, 0.25) is 0 Å². The van der Waals surface area contributed by atoms with Gasteiger partial charge in [0.05, 0.1) is 12.1 Å². The van der Waals surface area contributed by atoms with Gasteiger partial charge in [-0.25, -0.2) is 4.98 Å². The molecule has 6 heteroatoms. The van der Waals surface area contributed by atoms with E-state index in [1.807, 2.05) is 19.0 Å². The van der Waals surface area contributed by atoms with Crippen LogP contribution in [-0.2, 0) is 9.47 Å². The lowest BCUT2D eigenvalue weighted by Gasteiger charge is -2.14. The van der Waals surface area contributed by atoms with Gasteiger partial charge in [0.15, 0.2) is 6.29 Å². The van der Waals surface area contributed by atoms with Crippen molar-refractivity contribution in [1.82, 2.24) is 10.3 Å². The van der Waals surface area contributed by atoms with Crippen LogP contribution in [-0.4, -0.2) is 52.0 Å². The van der Waals surface area contributed by atoms with Crippen LogP contribution >= 0.6 is 0 Å². The molecule has 0 radical (unpaired) electrons. The van der Waals surface area contributed by atoms with Crippen LogP contribution in [0.1, 0.15) is 10.4 Å². The standard InChI is InChI=1S/C12H19N3O3/c1-15(2)10-6-5-9(7-13-10)12(16)14-8-11(17-3)18-4/h5-7,11H,8H2,1-4H3,(H,14,16). The molecule has 0 fully saturated rings. The van der Waals surface area contributed by atoms with Crippen LogP contribution in [0.4, 0.5) is 5.82 Å². The van der Waals surface area contributed by atoms with Gasteiger partial charge in [0.1, 0.15) is 5.82 Å². The number of hydrogen-bond acceptors (Lipinski definition) is 5. The lowest BCUT2D eigenvalue weighted by Crippen LogP contribution is -2.34. The zero-order valence-corrected chi connectivity index (χ0v) is 11.1. The van der Waals surface area contributed by atoms with Crippen molar-refractivity contribution in [2.75, 3.05) is 39.8 Å². The molecule has 0 spiro atoms. The van der Waals surface area contributed by atoms with E-state index in [2.05, 4.69) is 10.3 Å². The maximum absolute atomic E-state index is 11.8. The predicted molar refractivity (Wildman–Crippen MR) is 68.7 cm³/mol. The topological polar surface area (TPSA) is 63.7 Å². The van der Waals surface area contributed by atoms with Gasteiger partial charge < -0.3 is 19.7 Å². The molecule has 1 aromatic rings. The second-order valence-corrected chi connectivity index (χ2v) is 3.91. The van der Waals surface area contributed by atoms with Crippen molar-refractivity contribution in [3.63, 3.8) is 0 Å². The third-order valence-corrected chi connectivity index (χ3v) is 2.42. The molecule has 1 rings (SSSR count). The number of ether oxygens (including phenoxy) is 2. The van der Waals surface area contributed by atoms with Gasteiger partial charge in [-0.2, -0.15) is 0 Å². The van der Waals surface area contributed by atoms with Gasteiger partial charge in [-0.1, -0.05) is 0 Å². The van der Waals surface area contributed by atoms with Gasteiger partial charge in [0, 0.05) is 34.5 Å². The maximum Gasteiger partial charge on any atom is 0.253 e. The van der Waals surface area contributed by atoms with Crippen LogP contribution in [0, 0.1) is 0 Å². The first-order chi connectivity index (χ1) is 8.58. The van der Waals surface area contributed by atoms with Crippen LogP contribution in [0.5, 0.6) is 0 Å². The Morgan fingerprint density at radius 1 is 1.39 bits per heavy atom. The van der Waals surface area contributed by atoms with Gasteiger partial charge in [-0.15, -0.1) is 0 Å². The quantitative estimate of drug-likeness (QED) is 0.748. The molecule has 1 aromatic heterocycles. The first-order valence-electron chi connectivity index (χ1n) is 5.55. The number of anilines is 1. The summed E-state index contributed by atoms with van der Waals surface area (Å²) in [6.07, 6.45) is 1.10. The van der Waals surface area contributed by atoms with Gasteiger partial charge in [0.25, 0.3) is 5.91 Å². The molecule has 6 nitrogen and oxygen atoms in total. The minimum Gasteiger partial charge on any atom is -0.363 e. The van der Waals surface area contributed by atoms with Gasteiger partial charge in [-0.3, -0.25) is 4.79 Å². The van der Waals surface area contributed by atoms with E-state index in [1.165, 1.54) is 14.2 Å². The molecule has 100 valence electrons. The lowest BCUT2D eigenvalue weighted by atomic mass is 10.2. The van der Waals surface area contributed by atoms with Crippen LogP contribution in [0.2, 0.25) is 0 Å². The highest BCUT2D eigenvalue weighted by atomic mass is 16.7. The molecule has 0 aliphatic carbocycles. The first kappa shape index (κ1) is 14.4. The summed E-state index contributed by atoms with van der Waals surface area (Å²) in [6, 6.07) is 3.52. The van der Waals surface area contributed by atoms with Crippen LogP contribution in [0.15, 0.2) is 18.3 Å². The second kappa shape index (κ2) is 6.93. The number of aromatic nitrogens is 1. The number of carbonyl (C=O) groups is 1. The number of carbonyl (C=O) groups excluding carboxylic acids is 1. The van der Waals surface area contributed by atoms with E-state index < -0.39 is 6.29 Å². The zero-order chi connectivity index (χ0) is 13.5. The largest absolute Gasteiger partial charge is 0.363 e. The number of nitrogens with zero attached hydrogens (tertiary/aromatic N) is 2. The molecule has 0 aliphatic rings. The van der Waals surface area contributed by atoms with E-state index in [0.717, 1.165) is 5.82 Å². The van der Waals surface area contributed by atoms with E-state index in [4.69, 9.17) is 9.47 Å². The molecular weight excluding hydrogens is 234 g/mol. The molecular formula is C12H19N3O3. The molecule has 1 N–H and O–H groups in total. The van der Waals surface area contributed by atoms with E-state index in [-0.39, 0.29) is 5.91 Å². The van der Waals surface area contributed by atoms with E-state index in [9.17, 15) is 4.79 Å². The lowest BCUT2D eigenvalue weighted by molar-refractivity contribution is -0.0974. The maximum atomic E-state index is 11.8. The van der Waals surface area contributed by atoms with Gasteiger partial charge in [-0.05, 0) is 12.1 Å². The molecule has 0 bridgehead atoms. The van der Waals surface area contributed by atoms with E-state index in [0.29, 0.717) is 12.1 Å². The smallest absolute Gasteiger partial charge is 0.253 e. The minimum atomic E-state index is -0.442. The first-order valence-corrected chi connectivity index (χ1v) is 5.55. The molecule has 18 heavy (non-hydrogen) atoms. The Balaban J connectivity index is 2.56. The van der Waals surface area contributed by atoms with Gasteiger partial charge >= 0.3 is 0 Å². The molecule has 0 saturated carbocycles. The number of rotatable bonds is 6. The number of methoxy groups -OCH3 is 2. The molecule has 0 aromatic carbocycles. The van der Waals surface area contributed by atoms with E-state index >= 15 is 0 Å². The summed E-state index contributed by atoms with van der Waals surface area (Å²) in [7, 11) is 6.83. The number of amides is 1.